The first-order valence-corrected chi connectivity index (χ1v) is 12.4. The SMILES string of the molecule is CCCCCCCN1OC(C)C(c2ccc3[nH]c(=O)cc(NCc4ccccc4)c3c2)C1C. The van der Waals surface area contributed by atoms with E-state index in [0.717, 1.165) is 23.1 Å². The summed E-state index contributed by atoms with van der Waals surface area (Å²) in [7, 11) is 0. The zero-order chi connectivity index (χ0) is 23.2. The van der Waals surface area contributed by atoms with E-state index in [2.05, 4.69) is 60.4 Å². The number of H-pyrrole nitrogens is 1. The van der Waals surface area contributed by atoms with Gasteiger partial charge in [-0.1, -0.05) is 69.0 Å². The second kappa shape index (κ2) is 11.0. The first-order chi connectivity index (χ1) is 16.1. The molecule has 1 fully saturated rings. The van der Waals surface area contributed by atoms with Crippen LogP contribution in [-0.2, 0) is 11.4 Å². The lowest BCUT2D eigenvalue weighted by Crippen LogP contribution is -2.29. The third-order valence-corrected chi connectivity index (χ3v) is 6.84. The minimum Gasteiger partial charge on any atom is -0.380 e. The Morgan fingerprint density at radius 1 is 1.00 bits per heavy atom. The van der Waals surface area contributed by atoms with Crippen LogP contribution in [0.15, 0.2) is 59.4 Å². The van der Waals surface area contributed by atoms with Crippen molar-refractivity contribution >= 4 is 16.6 Å². The number of benzene rings is 2. The Morgan fingerprint density at radius 3 is 2.58 bits per heavy atom. The van der Waals surface area contributed by atoms with E-state index in [1.807, 2.05) is 24.3 Å². The van der Waals surface area contributed by atoms with Gasteiger partial charge in [0, 0.05) is 42.2 Å². The number of hydrogen-bond acceptors (Lipinski definition) is 4. The van der Waals surface area contributed by atoms with E-state index in [1.165, 1.54) is 43.2 Å². The van der Waals surface area contributed by atoms with Gasteiger partial charge in [-0.15, -0.1) is 0 Å². The van der Waals surface area contributed by atoms with Crippen molar-refractivity contribution < 1.29 is 4.84 Å². The topological polar surface area (TPSA) is 57.4 Å². The van der Waals surface area contributed by atoms with E-state index in [4.69, 9.17) is 4.84 Å². The summed E-state index contributed by atoms with van der Waals surface area (Å²) < 4.78 is 0. The Morgan fingerprint density at radius 2 is 1.79 bits per heavy atom. The van der Waals surface area contributed by atoms with Crippen LogP contribution in [0.25, 0.3) is 10.9 Å². The van der Waals surface area contributed by atoms with Crippen molar-refractivity contribution in [2.75, 3.05) is 11.9 Å². The molecule has 0 bridgehead atoms. The molecule has 2 heterocycles. The lowest BCUT2D eigenvalue weighted by molar-refractivity contribution is -0.155. The van der Waals surface area contributed by atoms with Crippen LogP contribution in [0.4, 0.5) is 5.69 Å². The zero-order valence-electron chi connectivity index (χ0n) is 20.1. The summed E-state index contributed by atoms with van der Waals surface area (Å²) in [4.78, 5) is 21.5. The van der Waals surface area contributed by atoms with Gasteiger partial charge in [-0.05, 0) is 43.5 Å². The van der Waals surface area contributed by atoms with Crippen LogP contribution in [0.3, 0.4) is 0 Å². The van der Waals surface area contributed by atoms with E-state index in [-0.39, 0.29) is 11.7 Å². The highest BCUT2D eigenvalue weighted by atomic mass is 16.7. The fourth-order valence-corrected chi connectivity index (χ4v) is 5.04. The highest BCUT2D eigenvalue weighted by Crippen LogP contribution is 2.37. The van der Waals surface area contributed by atoms with E-state index in [0.29, 0.717) is 18.5 Å². The number of anilines is 1. The number of fused-ring (bicyclic) bond motifs is 1. The van der Waals surface area contributed by atoms with Crippen LogP contribution >= 0.6 is 0 Å². The molecule has 33 heavy (non-hydrogen) atoms. The Bertz CT molecular complexity index is 1100. The molecule has 4 rings (SSSR count). The van der Waals surface area contributed by atoms with Crippen LogP contribution in [0.1, 0.15) is 69.9 Å². The summed E-state index contributed by atoms with van der Waals surface area (Å²) in [5, 5.41) is 6.71. The van der Waals surface area contributed by atoms with Crippen molar-refractivity contribution in [1.29, 1.82) is 0 Å². The number of hydroxylamine groups is 2. The smallest absolute Gasteiger partial charge is 0.250 e. The standard InChI is InChI=1S/C28H37N3O2/c1-4-5-6-7-11-16-31-20(2)28(21(3)33-31)23-14-15-25-24(17-23)26(18-27(32)30-25)29-19-22-12-9-8-10-13-22/h8-10,12-15,17-18,20-21,28H,4-7,11,16,19H2,1-3H3,(H2,29,30,32). The van der Waals surface area contributed by atoms with E-state index >= 15 is 0 Å². The third-order valence-electron chi connectivity index (χ3n) is 6.84. The molecule has 1 aliphatic heterocycles. The van der Waals surface area contributed by atoms with Crippen molar-refractivity contribution in [3.05, 3.63) is 76.1 Å². The molecule has 176 valence electrons. The first kappa shape index (κ1) is 23.5. The van der Waals surface area contributed by atoms with E-state index in [1.54, 1.807) is 6.07 Å². The summed E-state index contributed by atoms with van der Waals surface area (Å²) in [6, 6.07) is 18.6. The fraction of sp³-hybridized carbons (Fsp3) is 0.464. The molecule has 1 aliphatic rings. The molecule has 2 N–H and O–H groups in total. The predicted molar refractivity (Wildman–Crippen MR) is 137 cm³/mol. The van der Waals surface area contributed by atoms with Crippen molar-refractivity contribution in [2.24, 2.45) is 0 Å². The molecule has 0 radical (unpaired) electrons. The van der Waals surface area contributed by atoms with Gasteiger partial charge in [-0.3, -0.25) is 9.63 Å². The zero-order valence-corrected chi connectivity index (χ0v) is 20.1. The predicted octanol–water partition coefficient (Wildman–Crippen LogP) is 6.22. The lowest BCUT2D eigenvalue weighted by Gasteiger charge is -2.22. The highest BCUT2D eigenvalue weighted by Gasteiger charge is 2.38. The average molecular weight is 448 g/mol. The fourth-order valence-electron chi connectivity index (χ4n) is 5.04. The van der Waals surface area contributed by atoms with E-state index in [9.17, 15) is 4.79 Å². The van der Waals surface area contributed by atoms with E-state index < -0.39 is 0 Å². The molecule has 0 aliphatic carbocycles. The molecule has 1 aromatic heterocycles. The van der Waals surface area contributed by atoms with Gasteiger partial charge in [0.1, 0.15) is 0 Å². The maximum atomic E-state index is 12.2. The first-order valence-electron chi connectivity index (χ1n) is 12.4. The minimum atomic E-state index is -0.0917. The molecular weight excluding hydrogens is 410 g/mol. The number of hydrogen-bond donors (Lipinski definition) is 2. The molecule has 3 aromatic rings. The van der Waals surface area contributed by atoms with Crippen LogP contribution < -0.4 is 10.9 Å². The maximum Gasteiger partial charge on any atom is 0.250 e. The second-order valence-corrected chi connectivity index (χ2v) is 9.32. The molecule has 1 saturated heterocycles. The van der Waals surface area contributed by atoms with Crippen LogP contribution in [-0.4, -0.2) is 28.7 Å². The summed E-state index contributed by atoms with van der Waals surface area (Å²) in [6.07, 6.45) is 6.45. The monoisotopic (exact) mass is 447 g/mol. The molecule has 3 atom stereocenters. The minimum absolute atomic E-state index is 0.0917. The van der Waals surface area contributed by atoms with Gasteiger partial charge >= 0.3 is 0 Å². The normalized spacial score (nSPS) is 21.0. The quantitative estimate of drug-likeness (QED) is 0.362. The van der Waals surface area contributed by atoms with Crippen molar-refractivity contribution in [3.8, 4) is 0 Å². The Labute approximate surface area is 197 Å². The summed E-state index contributed by atoms with van der Waals surface area (Å²) >= 11 is 0. The molecule has 0 saturated carbocycles. The average Bonchev–Trinajstić information content (AvgIpc) is 3.10. The van der Waals surface area contributed by atoms with Crippen LogP contribution in [0, 0.1) is 0 Å². The molecule has 0 amide bonds. The number of pyridine rings is 1. The molecular formula is C28H37N3O2. The van der Waals surface area contributed by atoms with Crippen molar-refractivity contribution in [1.82, 2.24) is 10.0 Å². The summed E-state index contributed by atoms with van der Waals surface area (Å²) in [5.41, 5.74) is 4.07. The largest absolute Gasteiger partial charge is 0.380 e. The van der Waals surface area contributed by atoms with Gasteiger partial charge in [0.2, 0.25) is 5.56 Å². The highest BCUT2D eigenvalue weighted by molar-refractivity contribution is 5.91. The number of unbranched alkanes of at least 4 members (excludes halogenated alkanes) is 4. The van der Waals surface area contributed by atoms with Gasteiger partial charge < -0.3 is 10.3 Å². The van der Waals surface area contributed by atoms with Gasteiger partial charge in [0.05, 0.1) is 11.6 Å². The number of aromatic nitrogens is 1. The van der Waals surface area contributed by atoms with Gasteiger partial charge in [0.25, 0.3) is 0 Å². The van der Waals surface area contributed by atoms with Gasteiger partial charge in [0.15, 0.2) is 0 Å². The number of rotatable bonds is 10. The summed E-state index contributed by atoms with van der Waals surface area (Å²) in [5.74, 6) is 0.291. The molecule has 2 aromatic carbocycles. The number of nitrogens with zero attached hydrogens (tertiary/aromatic N) is 1. The van der Waals surface area contributed by atoms with Crippen molar-refractivity contribution in [3.63, 3.8) is 0 Å². The van der Waals surface area contributed by atoms with Crippen LogP contribution in [0.5, 0.6) is 0 Å². The number of nitrogens with one attached hydrogen (secondary N) is 2. The molecule has 5 nitrogen and oxygen atoms in total. The third kappa shape index (κ3) is 5.66. The number of aromatic amines is 1. The second-order valence-electron chi connectivity index (χ2n) is 9.32. The molecule has 0 spiro atoms. The lowest BCUT2D eigenvalue weighted by atomic mass is 9.88. The van der Waals surface area contributed by atoms with Gasteiger partial charge in [-0.2, -0.15) is 5.06 Å². The maximum absolute atomic E-state index is 12.2. The van der Waals surface area contributed by atoms with Crippen LogP contribution in [0.2, 0.25) is 0 Å². The van der Waals surface area contributed by atoms with Crippen molar-refractivity contribution in [2.45, 2.75) is 77.5 Å². The summed E-state index contributed by atoms with van der Waals surface area (Å²) in [6.45, 7) is 8.35. The van der Waals surface area contributed by atoms with Gasteiger partial charge in [-0.25, -0.2) is 0 Å². The molecule has 3 unspecified atom stereocenters. The Hall–Kier alpha value is -2.63. The Balaban J connectivity index is 1.53. The molecule has 5 heteroatoms. The Kier molecular flexibility index (Phi) is 7.84.